The van der Waals surface area contributed by atoms with E-state index < -0.39 is 0 Å². The van der Waals surface area contributed by atoms with E-state index in [1.54, 1.807) is 7.11 Å². The van der Waals surface area contributed by atoms with Crippen LogP contribution in [0.15, 0.2) is 18.2 Å². The number of methoxy groups -OCH3 is 1. The van der Waals surface area contributed by atoms with Gasteiger partial charge in [-0.15, -0.1) is 0 Å². The lowest BCUT2D eigenvalue weighted by Crippen LogP contribution is -2.29. The smallest absolute Gasteiger partial charge is 0.123 e. The summed E-state index contributed by atoms with van der Waals surface area (Å²) < 4.78 is 5.31. The van der Waals surface area contributed by atoms with Crippen molar-refractivity contribution in [3.63, 3.8) is 0 Å². The summed E-state index contributed by atoms with van der Waals surface area (Å²) in [7, 11) is 1.65. The molecule has 0 aliphatic rings. The highest BCUT2D eigenvalue weighted by atomic mass is 35.5. The van der Waals surface area contributed by atoms with Crippen molar-refractivity contribution in [3.8, 4) is 5.75 Å². The summed E-state index contributed by atoms with van der Waals surface area (Å²) in [5, 5.41) is 13.0. The maximum atomic E-state index is 8.88. The van der Waals surface area contributed by atoms with Crippen LogP contribution >= 0.6 is 11.6 Å². The van der Waals surface area contributed by atoms with Crippen LogP contribution in [0, 0.1) is 0 Å². The Morgan fingerprint density at radius 1 is 1.41 bits per heavy atom. The van der Waals surface area contributed by atoms with Gasteiger partial charge in [-0.25, -0.2) is 0 Å². The number of hydrogen-bond donors (Lipinski definition) is 2. The fourth-order valence-electron chi connectivity index (χ4n) is 1.84. The molecule has 1 unspecified atom stereocenters. The van der Waals surface area contributed by atoms with Crippen molar-refractivity contribution < 1.29 is 9.84 Å². The molecule has 2 N–H and O–H groups in total. The van der Waals surface area contributed by atoms with Crippen molar-refractivity contribution in [2.45, 2.75) is 32.4 Å². The lowest BCUT2D eigenvalue weighted by Gasteiger charge is -2.21. The molecule has 0 fully saturated rings. The van der Waals surface area contributed by atoms with Gasteiger partial charge in [0.2, 0.25) is 0 Å². The van der Waals surface area contributed by atoms with Crippen LogP contribution in [0.25, 0.3) is 0 Å². The quantitative estimate of drug-likeness (QED) is 0.824. The number of ether oxygens (including phenoxy) is 1. The lowest BCUT2D eigenvalue weighted by atomic mass is 10.1. The summed E-state index contributed by atoms with van der Waals surface area (Å²) in [6.45, 7) is 4.29. The van der Waals surface area contributed by atoms with E-state index in [9.17, 15) is 0 Å². The van der Waals surface area contributed by atoms with Crippen molar-refractivity contribution in [3.05, 3.63) is 28.8 Å². The number of aliphatic hydroxyl groups is 1. The van der Waals surface area contributed by atoms with Crippen molar-refractivity contribution >= 4 is 11.6 Å². The first-order chi connectivity index (χ1) is 8.08. The van der Waals surface area contributed by atoms with Crippen LogP contribution in [0.5, 0.6) is 5.75 Å². The van der Waals surface area contributed by atoms with Gasteiger partial charge in [-0.1, -0.05) is 11.6 Å². The molecular weight excluding hydrogens is 238 g/mol. The maximum absolute atomic E-state index is 8.88. The van der Waals surface area contributed by atoms with Gasteiger partial charge in [-0.3, -0.25) is 0 Å². The van der Waals surface area contributed by atoms with Gasteiger partial charge < -0.3 is 15.2 Å². The summed E-state index contributed by atoms with van der Waals surface area (Å²) in [4.78, 5) is 0. The highest BCUT2D eigenvalue weighted by Gasteiger charge is 2.14. The number of aliphatic hydroxyl groups excluding tert-OH is 1. The van der Waals surface area contributed by atoms with Crippen LogP contribution in [0.1, 0.15) is 31.9 Å². The molecule has 4 heteroatoms. The molecule has 96 valence electrons. The number of halogens is 1. The predicted octanol–water partition coefficient (Wildman–Crippen LogP) is 2.77. The molecule has 1 aromatic carbocycles. The van der Waals surface area contributed by atoms with Gasteiger partial charge in [0.1, 0.15) is 5.75 Å². The molecule has 0 spiro atoms. The third-order valence-electron chi connectivity index (χ3n) is 2.75. The van der Waals surface area contributed by atoms with Gasteiger partial charge in [0, 0.05) is 29.3 Å². The molecule has 3 nitrogen and oxygen atoms in total. The van der Waals surface area contributed by atoms with Gasteiger partial charge in [0.15, 0.2) is 0 Å². The Morgan fingerprint density at radius 2 is 2.12 bits per heavy atom. The summed E-state index contributed by atoms with van der Waals surface area (Å²) in [5.74, 6) is 0.825. The second-order valence-corrected chi connectivity index (χ2v) is 4.62. The largest absolute Gasteiger partial charge is 0.496 e. The zero-order chi connectivity index (χ0) is 12.8. The van der Waals surface area contributed by atoms with E-state index in [0.717, 1.165) is 17.7 Å². The number of nitrogens with one attached hydrogen (secondary N) is 1. The van der Waals surface area contributed by atoms with Crippen LogP contribution in [-0.4, -0.2) is 24.9 Å². The Bertz CT molecular complexity index is 357. The molecule has 1 rings (SSSR count). The van der Waals surface area contributed by atoms with Gasteiger partial charge in [0.25, 0.3) is 0 Å². The first-order valence-electron chi connectivity index (χ1n) is 5.78. The van der Waals surface area contributed by atoms with Crippen LogP contribution in [0.4, 0.5) is 0 Å². The van der Waals surface area contributed by atoms with Crippen molar-refractivity contribution in [2.24, 2.45) is 0 Å². The molecule has 0 aliphatic heterocycles. The lowest BCUT2D eigenvalue weighted by molar-refractivity contribution is 0.264. The molecule has 0 bridgehead atoms. The fourth-order valence-corrected chi connectivity index (χ4v) is 2.02. The van der Waals surface area contributed by atoms with E-state index in [2.05, 4.69) is 12.2 Å². The van der Waals surface area contributed by atoms with E-state index in [4.69, 9.17) is 21.4 Å². The van der Waals surface area contributed by atoms with Gasteiger partial charge in [0.05, 0.1) is 7.11 Å². The minimum Gasteiger partial charge on any atom is -0.496 e. The Labute approximate surface area is 108 Å². The molecule has 0 radical (unpaired) electrons. The molecular formula is C13H20ClNO2. The van der Waals surface area contributed by atoms with E-state index in [1.807, 2.05) is 25.1 Å². The molecule has 17 heavy (non-hydrogen) atoms. The highest BCUT2D eigenvalue weighted by Crippen LogP contribution is 2.28. The van der Waals surface area contributed by atoms with Crippen molar-refractivity contribution in [1.82, 2.24) is 5.32 Å². The van der Waals surface area contributed by atoms with Gasteiger partial charge in [-0.2, -0.15) is 0 Å². The number of hydrogen-bond acceptors (Lipinski definition) is 3. The monoisotopic (exact) mass is 257 g/mol. The second-order valence-electron chi connectivity index (χ2n) is 4.19. The maximum Gasteiger partial charge on any atom is 0.123 e. The van der Waals surface area contributed by atoms with Crippen LogP contribution in [-0.2, 0) is 0 Å². The SMILES string of the molecule is COc1ccc(Cl)cc1C(C)N[C@H](C)CCO. The number of benzene rings is 1. The van der Waals surface area contributed by atoms with E-state index >= 15 is 0 Å². The minimum atomic E-state index is 0.130. The van der Waals surface area contributed by atoms with Gasteiger partial charge in [-0.05, 0) is 38.5 Å². The average molecular weight is 258 g/mol. The predicted molar refractivity (Wildman–Crippen MR) is 70.7 cm³/mol. The average Bonchev–Trinajstić information content (AvgIpc) is 2.29. The third-order valence-corrected chi connectivity index (χ3v) is 2.99. The van der Waals surface area contributed by atoms with Gasteiger partial charge >= 0.3 is 0 Å². The Balaban J connectivity index is 2.79. The van der Waals surface area contributed by atoms with Crippen LogP contribution in [0.2, 0.25) is 5.02 Å². The third kappa shape index (κ3) is 4.19. The molecule has 1 aromatic rings. The van der Waals surface area contributed by atoms with E-state index in [-0.39, 0.29) is 18.7 Å². The molecule has 0 aromatic heterocycles. The first kappa shape index (κ1) is 14.3. The van der Waals surface area contributed by atoms with Crippen molar-refractivity contribution in [1.29, 1.82) is 0 Å². The zero-order valence-electron chi connectivity index (χ0n) is 10.5. The molecule has 0 aliphatic carbocycles. The van der Waals surface area contributed by atoms with Crippen molar-refractivity contribution in [2.75, 3.05) is 13.7 Å². The Hall–Kier alpha value is -0.770. The number of rotatable bonds is 6. The van der Waals surface area contributed by atoms with Crippen LogP contribution < -0.4 is 10.1 Å². The molecule has 0 saturated carbocycles. The first-order valence-corrected chi connectivity index (χ1v) is 6.16. The Morgan fingerprint density at radius 3 is 2.71 bits per heavy atom. The zero-order valence-corrected chi connectivity index (χ0v) is 11.3. The van der Waals surface area contributed by atoms with E-state index in [0.29, 0.717) is 5.02 Å². The fraction of sp³-hybridized carbons (Fsp3) is 0.538. The Kier molecular flexibility index (Phi) is 5.75. The van der Waals surface area contributed by atoms with Crippen LogP contribution in [0.3, 0.4) is 0 Å². The minimum absolute atomic E-state index is 0.130. The molecule has 2 atom stereocenters. The highest BCUT2D eigenvalue weighted by molar-refractivity contribution is 6.30. The van der Waals surface area contributed by atoms with E-state index in [1.165, 1.54) is 0 Å². The standard InChI is InChI=1S/C13H20ClNO2/c1-9(6-7-16)15-10(2)12-8-11(14)4-5-13(12)17-3/h4-5,8-10,15-16H,6-7H2,1-3H3/t9-,10?/m1/s1. The summed E-state index contributed by atoms with van der Waals surface area (Å²) in [6, 6.07) is 5.97. The molecule has 0 heterocycles. The summed E-state index contributed by atoms with van der Waals surface area (Å²) in [6.07, 6.45) is 0.729. The summed E-state index contributed by atoms with van der Waals surface area (Å²) >= 11 is 5.99. The summed E-state index contributed by atoms with van der Waals surface area (Å²) in [5.41, 5.74) is 1.03. The normalized spacial score (nSPS) is 14.4. The molecule has 0 saturated heterocycles. The topological polar surface area (TPSA) is 41.5 Å². The molecule has 0 amide bonds. The second kappa shape index (κ2) is 6.84.